The van der Waals surface area contributed by atoms with Crippen molar-refractivity contribution < 1.29 is 24.2 Å². The fraction of sp³-hybridized carbons (Fsp3) is 0.467. The molecule has 192 valence electrons. The quantitative estimate of drug-likeness (QED) is 0.388. The van der Waals surface area contributed by atoms with Gasteiger partial charge in [0.25, 0.3) is 5.91 Å². The zero-order valence-corrected chi connectivity index (χ0v) is 21.7. The molecule has 1 spiro atoms. The summed E-state index contributed by atoms with van der Waals surface area (Å²) in [4.78, 5) is 29.3. The van der Waals surface area contributed by atoms with E-state index in [0.717, 1.165) is 54.5 Å². The van der Waals surface area contributed by atoms with Crippen molar-refractivity contribution in [3.8, 4) is 29.1 Å². The Bertz CT molecular complexity index is 1370. The van der Waals surface area contributed by atoms with Crippen LogP contribution < -0.4 is 9.47 Å². The summed E-state index contributed by atoms with van der Waals surface area (Å²) in [6, 6.07) is 9.41. The lowest BCUT2D eigenvalue weighted by Crippen LogP contribution is -2.68. The Morgan fingerprint density at radius 3 is 2.84 bits per heavy atom. The van der Waals surface area contributed by atoms with E-state index in [-0.39, 0.29) is 35.3 Å². The summed E-state index contributed by atoms with van der Waals surface area (Å²) < 4.78 is 12.2. The highest BCUT2D eigenvalue weighted by Gasteiger charge is 2.66. The van der Waals surface area contributed by atoms with Crippen LogP contribution in [0.15, 0.2) is 30.3 Å². The van der Waals surface area contributed by atoms with Gasteiger partial charge in [0.2, 0.25) is 0 Å². The number of carbonyl (C=O) groups excluding carboxylic acids is 2. The molecule has 2 aliphatic carbocycles. The maximum atomic E-state index is 13.3. The van der Waals surface area contributed by atoms with Crippen LogP contribution in [0.1, 0.15) is 48.4 Å². The number of likely N-dealkylation sites (N-methyl/N-ethyl adjacent to an activating group) is 2. The van der Waals surface area contributed by atoms with Crippen molar-refractivity contribution in [2.24, 2.45) is 5.92 Å². The van der Waals surface area contributed by atoms with Crippen LogP contribution in [-0.4, -0.2) is 65.6 Å². The van der Waals surface area contributed by atoms with Crippen LogP contribution in [0.25, 0.3) is 0 Å². The number of phenols is 1. The van der Waals surface area contributed by atoms with Crippen molar-refractivity contribution >= 4 is 11.9 Å². The summed E-state index contributed by atoms with van der Waals surface area (Å²) in [6.45, 7) is 4.28. The fourth-order valence-corrected chi connectivity index (χ4v) is 7.49. The first kappa shape index (κ1) is 23.9. The van der Waals surface area contributed by atoms with Gasteiger partial charge in [-0.15, -0.1) is 0 Å². The number of hydrogen-bond acceptors (Lipinski definition) is 6. The van der Waals surface area contributed by atoms with Gasteiger partial charge in [-0.25, -0.2) is 0 Å². The monoisotopic (exact) mass is 500 g/mol. The van der Waals surface area contributed by atoms with Crippen molar-refractivity contribution in [2.45, 2.75) is 63.1 Å². The second-order valence-electron chi connectivity index (χ2n) is 11.0. The Kier molecular flexibility index (Phi) is 5.50. The smallest absolute Gasteiger partial charge is 0.308 e. The summed E-state index contributed by atoms with van der Waals surface area (Å²) in [5.41, 5.74) is 3.49. The standard InChI is InChI=1S/C30H32N2O5/c1-17-6-5-7-19(14-17)8-11-26(35)32(4)22-10-9-21-23-15-20-25(36-18(2)33)16-24(34)28-27(20)30(21,29(22)37-28)12-13-31(23)3/h5-7,14,16,21-23,29,34H,9-10,12-13,15H2,1-4H3/t21-,22+,23+,29-,30-/m0/s1. The Balaban J connectivity index is 1.40. The second-order valence-corrected chi connectivity index (χ2v) is 11.0. The first-order valence-electron chi connectivity index (χ1n) is 13.0. The number of likely N-dealkylation sites (tertiary alicyclic amines) is 1. The van der Waals surface area contributed by atoms with Gasteiger partial charge in [-0.2, -0.15) is 0 Å². The molecule has 1 amide bonds. The molecule has 4 aliphatic rings. The van der Waals surface area contributed by atoms with Gasteiger partial charge in [0.05, 0.1) is 6.04 Å². The van der Waals surface area contributed by atoms with Gasteiger partial charge in [-0.1, -0.05) is 18.1 Å². The molecule has 37 heavy (non-hydrogen) atoms. The molecule has 2 aliphatic heterocycles. The maximum Gasteiger partial charge on any atom is 0.308 e. The number of carbonyl (C=O) groups is 2. The minimum absolute atomic E-state index is 0.0122. The molecule has 2 aromatic rings. The molecule has 2 heterocycles. The van der Waals surface area contributed by atoms with Crippen molar-refractivity contribution in [3.05, 3.63) is 52.6 Å². The highest BCUT2D eigenvalue weighted by molar-refractivity contribution is 5.94. The minimum Gasteiger partial charge on any atom is -0.504 e. The average molecular weight is 501 g/mol. The van der Waals surface area contributed by atoms with Crippen molar-refractivity contribution in [2.75, 3.05) is 20.6 Å². The number of nitrogens with zero attached hydrogens (tertiary/aromatic N) is 2. The van der Waals surface area contributed by atoms with Crippen LogP contribution in [0, 0.1) is 24.7 Å². The topological polar surface area (TPSA) is 79.3 Å². The number of rotatable bonds is 2. The number of hydrogen-bond donors (Lipinski definition) is 1. The molecule has 2 aromatic carbocycles. The number of esters is 1. The number of benzene rings is 2. The van der Waals surface area contributed by atoms with Gasteiger partial charge in [0.15, 0.2) is 11.5 Å². The molecular formula is C30H32N2O5. The van der Waals surface area contributed by atoms with Gasteiger partial charge in [0, 0.05) is 54.1 Å². The van der Waals surface area contributed by atoms with E-state index in [0.29, 0.717) is 17.4 Å². The predicted molar refractivity (Wildman–Crippen MR) is 138 cm³/mol. The van der Waals surface area contributed by atoms with Crippen molar-refractivity contribution in [3.63, 3.8) is 0 Å². The molecule has 0 aromatic heterocycles. The molecular weight excluding hydrogens is 468 g/mol. The van der Waals surface area contributed by atoms with E-state index in [1.807, 2.05) is 38.2 Å². The van der Waals surface area contributed by atoms with Crippen molar-refractivity contribution in [1.82, 2.24) is 9.80 Å². The minimum atomic E-state index is -0.414. The summed E-state index contributed by atoms with van der Waals surface area (Å²) >= 11 is 0. The van der Waals surface area contributed by atoms with Crippen LogP contribution in [0.3, 0.4) is 0 Å². The third kappa shape index (κ3) is 3.53. The van der Waals surface area contributed by atoms with E-state index in [1.54, 1.807) is 4.90 Å². The molecule has 1 saturated heterocycles. The summed E-state index contributed by atoms with van der Waals surface area (Å²) in [5, 5.41) is 11.0. The van der Waals surface area contributed by atoms with Crippen LogP contribution in [-0.2, 0) is 21.4 Å². The normalized spacial score (nSPS) is 28.9. The molecule has 5 atom stereocenters. The van der Waals surface area contributed by atoms with Crippen LogP contribution in [0.4, 0.5) is 0 Å². The number of phenolic OH excluding ortho intramolecular Hbond substituents is 1. The summed E-state index contributed by atoms with van der Waals surface area (Å²) in [7, 11) is 3.96. The SMILES string of the molecule is CC(=O)Oc1cc(O)c2c3c1C[C@@H]1[C@@H]4CC[C@@H](N(C)C(=O)C#Cc5cccc(C)c5)[C@H](O2)[C@]34CCN1C. The lowest BCUT2D eigenvalue weighted by molar-refractivity contribution is -0.134. The lowest BCUT2D eigenvalue weighted by Gasteiger charge is -2.59. The number of ether oxygens (including phenoxy) is 2. The van der Waals surface area contributed by atoms with E-state index >= 15 is 0 Å². The lowest BCUT2D eigenvalue weighted by atomic mass is 9.51. The van der Waals surface area contributed by atoms with E-state index in [1.165, 1.54) is 13.0 Å². The van der Waals surface area contributed by atoms with E-state index in [4.69, 9.17) is 9.47 Å². The van der Waals surface area contributed by atoms with Gasteiger partial charge in [0.1, 0.15) is 11.9 Å². The predicted octanol–water partition coefficient (Wildman–Crippen LogP) is 3.17. The molecule has 2 fully saturated rings. The van der Waals surface area contributed by atoms with Gasteiger partial charge >= 0.3 is 5.97 Å². The zero-order valence-electron chi connectivity index (χ0n) is 21.7. The molecule has 0 unspecified atom stereocenters. The Hall–Kier alpha value is -3.50. The first-order valence-corrected chi connectivity index (χ1v) is 13.0. The van der Waals surface area contributed by atoms with E-state index in [9.17, 15) is 14.7 Å². The molecule has 6 rings (SSSR count). The van der Waals surface area contributed by atoms with E-state index in [2.05, 4.69) is 23.8 Å². The van der Waals surface area contributed by atoms with Crippen LogP contribution in [0.2, 0.25) is 0 Å². The first-order chi connectivity index (χ1) is 17.7. The zero-order chi connectivity index (χ0) is 26.1. The fourth-order valence-electron chi connectivity index (χ4n) is 7.49. The van der Waals surface area contributed by atoms with Crippen molar-refractivity contribution in [1.29, 1.82) is 0 Å². The number of aryl methyl sites for hydroxylation is 1. The number of aromatic hydroxyl groups is 1. The molecule has 1 N–H and O–H groups in total. The summed E-state index contributed by atoms with van der Waals surface area (Å²) in [5.74, 6) is 6.41. The molecule has 2 bridgehead atoms. The van der Waals surface area contributed by atoms with Gasteiger partial charge < -0.3 is 24.4 Å². The third-order valence-electron chi connectivity index (χ3n) is 9.05. The Morgan fingerprint density at radius 1 is 1.27 bits per heavy atom. The van der Waals surface area contributed by atoms with E-state index < -0.39 is 5.97 Å². The van der Waals surface area contributed by atoms with Crippen LogP contribution in [0.5, 0.6) is 17.2 Å². The maximum absolute atomic E-state index is 13.3. The number of piperidine rings is 1. The molecule has 0 radical (unpaired) electrons. The molecule has 1 saturated carbocycles. The second kappa shape index (κ2) is 8.53. The average Bonchev–Trinajstić information content (AvgIpc) is 3.21. The number of amides is 1. The highest BCUT2D eigenvalue weighted by atomic mass is 16.5. The Labute approximate surface area is 217 Å². The van der Waals surface area contributed by atoms with Gasteiger partial charge in [-0.3, -0.25) is 9.59 Å². The Morgan fingerprint density at radius 2 is 2.08 bits per heavy atom. The summed E-state index contributed by atoms with van der Waals surface area (Å²) in [6.07, 6.45) is 3.04. The highest BCUT2D eigenvalue weighted by Crippen LogP contribution is 2.65. The largest absolute Gasteiger partial charge is 0.504 e. The molecule has 7 heteroatoms. The third-order valence-corrected chi connectivity index (χ3v) is 9.05. The van der Waals surface area contributed by atoms with Gasteiger partial charge in [-0.05, 0) is 69.8 Å². The molecule has 7 nitrogen and oxygen atoms in total. The van der Waals surface area contributed by atoms with Crippen LogP contribution >= 0.6 is 0 Å².